The molecule has 0 bridgehead atoms. The van der Waals surface area contributed by atoms with E-state index in [9.17, 15) is 9.18 Å². The van der Waals surface area contributed by atoms with E-state index in [-0.39, 0.29) is 18.0 Å². The fraction of sp³-hybridized carbons (Fsp3) is 0.214. The monoisotopic (exact) mass is 232 g/mol. The molecule has 0 N–H and O–H groups in total. The summed E-state index contributed by atoms with van der Waals surface area (Å²) in [4.78, 5) is 10.9. The Kier molecular flexibility index (Phi) is 3.09. The number of aryl methyl sites for hydroxylation is 1. The highest BCUT2D eigenvalue weighted by atomic mass is 19.1. The third-order valence-corrected chi connectivity index (χ3v) is 2.47. The van der Waals surface area contributed by atoms with Gasteiger partial charge in [0.1, 0.15) is 23.1 Å². The summed E-state index contributed by atoms with van der Waals surface area (Å²) in [6.07, 6.45) is 0.244. The number of benzene rings is 1. The maximum Gasteiger partial charge on any atom is 0.137 e. The molecule has 0 aliphatic heterocycles. The highest BCUT2D eigenvalue weighted by Gasteiger charge is 2.10. The van der Waals surface area contributed by atoms with Gasteiger partial charge in [0.2, 0.25) is 0 Å². The van der Waals surface area contributed by atoms with E-state index in [1.165, 1.54) is 13.0 Å². The Labute approximate surface area is 99.1 Å². The van der Waals surface area contributed by atoms with Crippen molar-refractivity contribution in [3.8, 4) is 11.3 Å². The Morgan fingerprint density at radius 1 is 1.29 bits per heavy atom. The van der Waals surface area contributed by atoms with Crippen molar-refractivity contribution in [1.82, 2.24) is 0 Å². The van der Waals surface area contributed by atoms with E-state index < -0.39 is 0 Å². The first-order chi connectivity index (χ1) is 8.06. The maximum absolute atomic E-state index is 13.7. The number of rotatable bonds is 3. The van der Waals surface area contributed by atoms with Crippen LogP contribution < -0.4 is 0 Å². The van der Waals surface area contributed by atoms with Crippen LogP contribution in [0.3, 0.4) is 0 Å². The predicted molar refractivity (Wildman–Crippen MR) is 63.2 cm³/mol. The summed E-state index contributed by atoms with van der Waals surface area (Å²) in [6, 6.07) is 8.36. The van der Waals surface area contributed by atoms with Crippen LogP contribution >= 0.6 is 0 Å². The quantitative estimate of drug-likeness (QED) is 0.810. The molecule has 0 saturated heterocycles. The standard InChI is InChI=1S/C14H13FO2/c1-9-3-5-12(13(15)7-9)14-6-4-11(17-14)8-10(2)16/h3-7H,8H2,1-2H3. The first-order valence-electron chi connectivity index (χ1n) is 5.41. The smallest absolute Gasteiger partial charge is 0.137 e. The summed E-state index contributed by atoms with van der Waals surface area (Å²) in [5, 5.41) is 0. The largest absolute Gasteiger partial charge is 0.461 e. The van der Waals surface area contributed by atoms with Crippen molar-refractivity contribution in [2.24, 2.45) is 0 Å². The zero-order valence-corrected chi connectivity index (χ0v) is 9.79. The second-order valence-corrected chi connectivity index (χ2v) is 4.13. The van der Waals surface area contributed by atoms with Crippen molar-refractivity contribution >= 4 is 5.78 Å². The van der Waals surface area contributed by atoms with Crippen LogP contribution in [0.25, 0.3) is 11.3 Å². The van der Waals surface area contributed by atoms with Crippen molar-refractivity contribution in [2.75, 3.05) is 0 Å². The third kappa shape index (κ3) is 2.61. The second-order valence-electron chi connectivity index (χ2n) is 4.13. The van der Waals surface area contributed by atoms with Crippen LogP contribution in [0.5, 0.6) is 0 Å². The van der Waals surface area contributed by atoms with Gasteiger partial charge in [-0.15, -0.1) is 0 Å². The van der Waals surface area contributed by atoms with Crippen LogP contribution in [0, 0.1) is 12.7 Å². The Balaban J connectivity index is 2.33. The molecule has 2 aromatic rings. The molecule has 1 heterocycles. The van der Waals surface area contributed by atoms with Gasteiger partial charge in [0, 0.05) is 0 Å². The molecular formula is C14H13FO2. The van der Waals surface area contributed by atoms with Crippen LogP contribution in [0.2, 0.25) is 0 Å². The van der Waals surface area contributed by atoms with Gasteiger partial charge in [-0.1, -0.05) is 6.07 Å². The molecule has 0 fully saturated rings. The molecule has 0 unspecified atom stereocenters. The molecule has 2 nitrogen and oxygen atoms in total. The third-order valence-electron chi connectivity index (χ3n) is 2.47. The first-order valence-corrected chi connectivity index (χ1v) is 5.41. The predicted octanol–water partition coefficient (Wildman–Crippen LogP) is 3.53. The Hall–Kier alpha value is -1.90. The molecule has 17 heavy (non-hydrogen) atoms. The number of hydrogen-bond acceptors (Lipinski definition) is 2. The van der Waals surface area contributed by atoms with Gasteiger partial charge in [-0.05, 0) is 43.7 Å². The molecule has 1 aromatic carbocycles. The summed E-state index contributed by atoms with van der Waals surface area (Å²) in [5.41, 5.74) is 1.28. The van der Waals surface area contributed by atoms with Crippen molar-refractivity contribution in [3.63, 3.8) is 0 Å². The highest BCUT2D eigenvalue weighted by Crippen LogP contribution is 2.25. The fourth-order valence-corrected chi connectivity index (χ4v) is 1.68. The summed E-state index contributed by atoms with van der Waals surface area (Å²) in [5.74, 6) is 0.732. The zero-order chi connectivity index (χ0) is 12.4. The number of ketones is 1. The molecule has 88 valence electrons. The Morgan fingerprint density at radius 2 is 2.06 bits per heavy atom. The van der Waals surface area contributed by atoms with Crippen LogP contribution in [0.1, 0.15) is 18.2 Å². The van der Waals surface area contributed by atoms with Crippen LogP contribution in [0.15, 0.2) is 34.7 Å². The van der Waals surface area contributed by atoms with E-state index in [1.807, 2.05) is 13.0 Å². The van der Waals surface area contributed by atoms with Crippen molar-refractivity contribution in [2.45, 2.75) is 20.3 Å². The number of halogens is 1. The van der Waals surface area contributed by atoms with Gasteiger partial charge < -0.3 is 4.42 Å². The Bertz CT molecular complexity index is 555. The van der Waals surface area contributed by atoms with Crippen molar-refractivity contribution in [3.05, 3.63) is 47.5 Å². The van der Waals surface area contributed by atoms with Gasteiger partial charge in [0.05, 0.1) is 12.0 Å². The number of furan rings is 1. The average Bonchev–Trinajstić information content (AvgIpc) is 2.65. The average molecular weight is 232 g/mol. The van der Waals surface area contributed by atoms with Crippen molar-refractivity contribution in [1.29, 1.82) is 0 Å². The van der Waals surface area contributed by atoms with Gasteiger partial charge in [0.15, 0.2) is 0 Å². The number of Topliss-reactive ketones (excluding diaryl/α,β-unsaturated/α-hetero) is 1. The lowest BCUT2D eigenvalue weighted by atomic mass is 10.1. The molecule has 0 aliphatic rings. The SMILES string of the molecule is CC(=O)Cc1ccc(-c2ccc(C)cc2F)o1. The lowest BCUT2D eigenvalue weighted by Gasteiger charge is -2.00. The van der Waals surface area contributed by atoms with E-state index in [2.05, 4.69) is 0 Å². The molecule has 1 aromatic heterocycles. The lowest BCUT2D eigenvalue weighted by Crippen LogP contribution is -1.93. The second kappa shape index (κ2) is 4.53. The van der Waals surface area contributed by atoms with E-state index in [1.54, 1.807) is 18.2 Å². The maximum atomic E-state index is 13.7. The molecule has 0 spiro atoms. The van der Waals surface area contributed by atoms with Crippen molar-refractivity contribution < 1.29 is 13.6 Å². The summed E-state index contributed by atoms with van der Waals surface area (Å²) in [7, 11) is 0. The molecule has 3 heteroatoms. The van der Waals surface area contributed by atoms with E-state index >= 15 is 0 Å². The number of carbonyl (C=O) groups excluding carboxylic acids is 1. The molecule has 2 rings (SSSR count). The van der Waals surface area contributed by atoms with E-state index in [0.29, 0.717) is 17.1 Å². The summed E-state index contributed by atoms with van der Waals surface area (Å²) in [6.45, 7) is 3.32. The zero-order valence-electron chi connectivity index (χ0n) is 9.79. The van der Waals surface area contributed by atoms with Crippen LogP contribution in [0.4, 0.5) is 4.39 Å². The molecule has 0 atom stereocenters. The summed E-state index contributed by atoms with van der Waals surface area (Å²) >= 11 is 0. The normalized spacial score (nSPS) is 10.5. The van der Waals surface area contributed by atoms with Crippen LogP contribution in [-0.2, 0) is 11.2 Å². The first kappa shape index (κ1) is 11.6. The minimum atomic E-state index is -0.311. The number of carbonyl (C=O) groups is 1. The van der Waals surface area contributed by atoms with Gasteiger partial charge in [-0.2, -0.15) is 0 Å². The minimum Gasteiger partial charge on any atom is -0.461 e. The van der Waals surface area contributed by atoms with E-state index in [4.69, 9.17) is 4.42 Å². The highest BCUT2D eigenvalue weighted by molar-refractivity contribution is 5.77. The molecule has 0 radical (unpaired) electrons. The Morgan fingerprint density at radius 3 is 2.71 bits per heavy atom. The van der Waals surface area contributed by atoms with E-state index in [0.717, 1.165) is 5.56 Å². The van der Waals surface area contributed by atoms with Gasteiger partial charge in [0.25, 0.3) is 0 Å². The van der Waals surface area contributed by atoms with Crippen LogP contribution in [-0.4, -0.2) is 5.78 Å². The number of hydrogen-bond donors (Lipinski definition) is 0. The lowest BCUT2D eigenvalue weighted by molar-refractivity contribution is -0.116. The van der Waals surface area contributed by atoms with Gasteiger partial charge >= 0.3 is 0 Å². The topological polar surface area (TPSA) is 30.2 Å². The summed E-state index contributed by atoms with van der Waals surface area (Å²) < 4.78 is 19.1. The molecule has 0 aliphatic carbocycles. The fourth-order valence-electron chi connectivity index (χ4n) is 1.68. The molecular weight excluding hydrogens is 219 g/mol. The van der Waals surface area contributed by atoms with Gasteiger partial charge in [-0.3, -0.25) is 4.79 Å². The minimum absolute atomic E-state index is 0.0234. The van der Waals surface area contributed by atoms with Gasteiger partial charge in [-0.25, -0.2) is 4.39 Å². The molecule has 0 saturated carbocycles. The molecule has 0 amide bonds.